The highest BCUT2D eigenvalue weighted by atomic mass is 32.2. The quantitative estimate of drug-likeness (QED) is 0.459. The van der Waals surface area contributed by atoms with E-state index in [9.17, 15) is 9.59 Å². The van der Waals surface area contributed by atoms with Crippen molar-refractivity contribution in [2.75, 3.05) is 0 Å². The third-order valence-corrected chi connectivity index (χ3v) is 3.66. The molecular weight excluding hydrogens is 326 g/mol. The molecule has 0 amide bonds. The highest BCUT2D eigenvalue weighted by Gasteiger charge is 2.31. The van der Waals surface area contributed by atoms with Crippen LogP contribution >= 0.6 is 11.8 Å². The molecule has 1 unspecified atom stereocenters. The molecule has 0 aliphatic heterocycles. The van der Waals surface area contributed by atoms with Gasteiger partial charge in [0.25, 0.3) is 5.22 Å². The van der Waals surface area contributed by atoms with Crippen LogP contribution in [-0.4, -0.2) is 38.5 Å². The molecule has 23 heavy (non-hydrogen) atoms. The average Bonchev–Trinajstić information content (AvgIpc) is 2.77. The standard InChI is InChI=1S/C14H15NO7S/c1-14(2,22-13(18)19)7-10(21-12(16)17)23-11-15-8-5-3-4-6-9(8)20-11/h3-6,10H,7H2,1-2H3,(H,16,17)(H,18,19). The first-order valence-electron chi connectivity index (χ1n) is 6.59. The highest BCUT2D eigenvalue weighted by Crippen LogP contribution is 2.32. The maximum absolute atomic E-state index is 10.8. The first kappa shape index (κ1) is 16.9. The predicted molar refractivity (Wildman–Crippen MR) is 80.6 cm³/mol. The molecule has 0 aliphatic rings. The number of thioether (sulfide) groups is 1. The van der Waals surface area contributed by atoms with Crippen LogP contribution in [0.4, 0.5) is 9.59 Å². The van der Waals surface area contributed by atoms with Gasteiger partial charge in [-0.25, -0.2) is 14.6 Å². The Hall–Kier alpha value is -2.42. The van der Waals surface area contributed by atoms with Gasteiger partial charge in [0.1, 0.15) is 11.1 Å². The van der Waals surface area contributed by atoms with Crippen LogP contribution in [-0.2, 0) is 9.47 Å². The molecule has 2 N–H and O–H groups in total. The van der Waals surface area contributed by atoms with E-state index in [2.05, 4.69) is 4.98 Å². The summed E-state index contributed by atoms with van der Waals surface area (Å²) in [6.07, 6.45) is -2.93. The van der Waals surface area contributed by atoms with Crippen LogP contribution in [0.3, 0.4) is 0 Å². The van der Waals surface area contributed by atoms with E-state index < -0.39 is 23.3 Å². The SMILES string of the molecule is CC(C)(CC(OC(=O)O)Sc1nc2ccccc2o1)OC(=O)O. The molecule has 1 atom stereocenters. The van der Waals surface area contributed by atoms with Crippen molar-refractivity contribution in [1.29, 1.82) is 0 Å². The lowest BCUT2D eigenvalue weighted by molar-refractivity contribution is -0.0189. The van der Waals surface area contributed by atoms with Gasteiger partial charge >= 0.3 is 12.3 Å². The van der Waals surface area contributed by atoms with Crippen LogP contribution in [0.1, 0.15) is 20.3 Å². The molecule has 1 aromatic carbocycles. The molecule has 0 bridgehead atoms. The second-order valence-corrected chi connectivity index (χ2v) is 6.32. The number of fused-ring (bicyclic) bond motifs is 1. The second kappa shape index (κ2) is 6.78. The molecule has 9 heteroatoms. The Morgan fingerprint density at radius 2 is 2.00 bits per heavy atom. The van der Waals surface area contributed by atoms with E-state index in [1.54, 1.807) is 24.3 Å². The van der Waals surface area contributed by atoms with Gasteiger partial charge in [-0.3, -0.25) is 0 Å². The zero-order valence-corrected chi connectivity index (χ0v) is 13.2. The topological polar surface area (TPSA) is 119 Å². The van der Waals surface area contributed by atoms with E-state index in [0.717, 1.165) is 11.8 Å². The van der Waals surface area contributed by atoms with E-state index >= 15 is 0 Å². The largest absolute Gasteiger partial charge is 0.506 e. The minimum absolute atomic E-state index is 0.00497. The molecule has 8 nitrogen and oxygen atoms in total. The van der Waals surface area contributed by atoms with Crippen LogP contribution in [0.2, 0.25) is 0 Å². The van der Waals surface area contributed by atoms with Gasteiger partial charge in [-0.05, 0) is 37.7 Å². The third kappa shape index (κ3) is 5.06. The molecule has 2 aromatic rings. The van der Waals surface area contributed by atoms with Gasteiger partial charge in [-0.1, -0.05) is 12.1 Å². The summed E-state index contributed by atoms with van der Waals surface area (Å²) in [5.74, 6) is 0. The molecule has 124 valence electrons. The van der Waals surface area contributed by atoms with Crippen molar-refractivity contribution in [3.05, 3.63) is 24.3 Å². The van der Waals surface area contributed by atoms with E-state index in [1.165, 1.54) is 13.8 Å². The van der Waals surface area contributed by atoms with Crippen molar-refractivity contribution in [3.8, 4) is 0 Å². The summed E-state index contributed by atoms with van der Waals surface area (Å²) in [7, 11) is 0. The number of nitrogens with zero attached hydrogens (tertiary/aromatic N) is 1. The monoisotopic (exact) mass is 341 g/mol. The average molecular weight is 341 g/mol. The van der Waals surface area contributed by atoms with E-state index in [1.807, 2.05) is 0 Å². The number of rotatable bonds is 6. The van der Waals surface area contributed by atoms with Crippen molar-refractivity contribution in [2.24, 2.45) is 0 Å². The first-order chi connectivity index (χ1) is 10.7. The molecule has 2 rings (SSSR count). The van der Waals surface area contributed by atoms with Crippen molar-refractivity contribution in [1.82, 2.24) is 4.98 Å². The number of aromatic nitrogens is 1. The molecule has 1 aromatic heterocycles. The smallest absolute Gasteiger partial charge is 0.450 e. The summed E-state index contributed by atoms with van der Waals surface area (Å²) in [6, 6.07) is 7.08. The molecule has 0 saturated carbocycles. The lowest BCUT2D eigenvalue weighted by Crippen LogP contribution is -2.32. The normalized spacial score (nSPS) is 12.8. The van der Waals surface area contributed by atoms with Crippen molar-refractivity contribution in [3.63, 3.8) is 0 Å². The van der Waals surface area contributed by atoms with Gasteiger partial charge in [0.2, 0.25) is 0 Å². The lowest BCUT2D eigenvalue weighted by Gasteiger charge is -2.26. The Bertz CT molecular complexity index is 679. The maximum atomic E-state index is 10.8. The summed E-state index contributed by atoms with van der Waals surface area (Å²) in [5, 5.41) is 17.8. The van der Waals surface area contributed by atoms with Crippen molar-refractivity contribution < 1.29 is 33.7 Å². The number of oxazole rings is 1. The Morgan fingerprint density at radius 1 is 1.30 bits per heavy atom. The van der Waals surface area contributed by atoms with Crippen LogP contribution in [0, 0.1) is 0 Å². The number of hydrogen-bond donors (Lipinski definition) is 2. The molecule has 0 spiro atoms. The fourth-order valence-corrected chi connectivity index (χ4v) is 3.04. The lowest BCUT2D eigenvalue weighted by atomic mass is 10.1. The summed E-state index contributed by atoms with van der Waals surface area (Å²) in [6.45, 7) is 3.04. The Kier molecular flexibility index (Phi) is 4.99. The minimum atomic E-state index is -1.48. The summed E-state index contributed by atoms with van der Waals surface area (Å²) < 4.78 is 15.0. The van der Waals surface area contributed by atoms with Gasteiger partial charge in [0, 0.05) is 6.42 Å². The van der Waals surface area contributed by atoms with E-state index in [0.29, 0.717) is 11.1 Å². The van der Waals surface area contributed by atoms with Crippen molar-refractivity contribution in [2.45, 2.75) is 36.5 Å². The van der Waals surface area contributed by atoms with Crippen LogP contribution in [0.25, 0.3) is 11.1 Å². The third-order valence-electron chi connectivity index (χ3n) is 2.76. The number of benzene rings is 1. The van der Waals surface area contributed by atoms with Gasteiger partial charge < -0.3 is 24.1 Å². The Labute approximate surface area is 135 Å². The van der Waals surface area contributed by atoms with Crippen molar-refractivity contribution >= 4 is 35.2 Å². The molecule has 0 saturated heterocycles. The van der Waals surface area contributed by atoms with Gasteiger partial charge in [0.05, 0.1) is 0 Å². The molecule has 0 aliphatic carbocycles. The summed E-state index contributed by atoms with van der Waals surface area (Å²) in [4.78, 5) is 25.7. The molecule has 0 fully saturated rings. The first-order valence-corrected chi connectivity index (χ1v) is 7.47. The van der Waals surface area contributed by atoms with E-state index in [-0.39, 0.29) is 11.6 Å². The van der Waals surface area contributed by atoms with Crippen LogP contribution in [0.15, 0.2) is 33.9 Å². The van der Waals surface area contributed by atoms with Gasteiger partial charge in [-0.2, -0.15) is 0 Å². The molecule has 1 heterocycles. The highest BCUT2D eigenvalue weighted by molar-refractivity contribution is 7.99. The Balaban J connectivity index is 2.14. The summed E-state index contributed by atoms with van der Waals surface area (Å²) >= 11 is 0.943. The second-order valence-electron chi connectivity index (χ2n) is 5.21. The van der Waals surface area contributed by atoms with E-state index in [4.69, 9.17) is 24.1 Å². The number of para-hydroxylation sites is 2. The number of ether oxygens (including phenoxy) is 2. The minimum Gasteiger partial charge on any atom is -0.450 e. The zero-order valence-electron chi connectivity index (χ0n) is 12.4. The van der Waals surface area contributed by atoms with Gasteiger partial charge in [-0.15, -0.1) is 0 Å². The fourth-order valence-electron chi connectivity index (χ4n) is 1.91. The Morgan fingerprint density at radius 3 is 2.61 bits per heavy atom. The van der Waals surface area contributed by atoms with Crippen LogP contribution < -0.4 is 0 Å². The fraction of sp³-hybridized carbons (Fsp3) is 0.357. The summed E-state index contributed by atoms with van der Waals surface area (Å²) in [5.41, 5.74) is -0.879. The number of carbonyl (C=O) groups is 2. The zero-order chi connectivity index (χ0) is 17.0. The number of carboxylic acid groups (broad SMARTS) is 2. The molecular formula is C14H15NO7S. The number of hydrogen-bond acceptors (Lipinski definition) is 7. The van der Waals surface area contributed by atoms with Gasteiger partial charge in [0.15, 0.2) is 11.0 Å². The maximum Gasteiger partial charge on any atom is 0.506 e. The molecule has 0 radical (unpaired) electrons. The van der Waals surface area contributed by atoms with Crippen LogP contribution in [0.5, 0.6) is 0 Å². The predicted octanol–water partition coefficient (Wildman–Crippen LogP) is 3.80.